The molecule has 1 aromatic heterocycles. The number of hydrogen-bond acceptors (Lipinski definition) is 6. The predicted molar refractivity (Wildman–Crippen MR) is 137 cm³/mol. The van der Waals surface area contributed by atoms with Crippen LogP contribution in [-0.2, 0) is 13.1 Å². The van der Waals surface area contributed by atoms with Crippen LogP contribution in [0.5, 0.6) is 0 Å². The summed E-state index contributed by atoms with van der Waals surface area (Å²) in [6.07, 6.45) is 3.70. The van der Waals surface area contributed by atoms with Crippen LogP contribution in [0.15, 0.2) is 48.7 Å². The maximum absolute atomic E-state index is 13.1. The Hall–Kier alpha value is -3.78. The number of nitrogens with zero attached hydrogens (tertiary/aromatic N) is 4. The molecule has 3 aromatic rings. The lowest BCUT2D eigenvalue weighted by Crippen LogP contribution is -2.50. The number of anilines is 2. The third kappa shape index (κ3) is 4.95. The van der Waals surface area contributed by atoms with Crippen LogP contribution in [0.1, 0.15) is 62.9 Å². The zero-order valence-electron chi connectivity index (χ0n) is 20.9. The molecule has 1 fully saturated rings. The van der Waals surface area contributed by atoms with Crippen LogP contribution in [0.4, 0.5) is 11.6 Å². The lowest BCUT2D eigenvalue weighted by Gasteiger charge is -2.41. The minimum Gasteiger partial charge on any atom is -0.478 e. The van der Waals surface area contributed by atoms with Crippen LogP contribution in [-0.4, -0.2) is 55.4 Å². The fourth-order valence-corrected chi connectivity index (χ4v) is 5.37. The number of likely N-dealkylation sites (tertiary alicyclic amines) is 1. The molecule has 2 atom stereocenters. The average molecular weight is 486 g/mol. The predicted octanol–water partition coefficient (Wildman–Crippen LogP) is 4.54. The second kappa shape index (κ2) is 9.70. The van der Waals surface area contributed by atoms with Gasteiger partial charge in [-0.1, -0.05) is 6.07 Å². The molecule has 2 aromatic carbocycles. The van der Waals surface area contributed by atoms with E-state index in [9.17, 15) is 9.59 Å². The Bertz CT molecular complexity index is 1290. The monoisotopic (exact) mass is 485 g/mol. The highest BCUT2D eigenvalue weighted by atomic mass is 16.4. The number of carbonyl (C=O) groups is 2. The average Bonchev–Trinajstić information content (AvgIpc) is 3.26. The summed E-state index contributed by atoms with van der Waals surface area (Å²) in [5, 5.41) is 12.4. The van der Waals surface area contributed by atoms with Crippen LogP contribution in [0.25, 0.3) is 0 Å². The highest BCUT2D eigenvalue weighted by Gasteiger charge is 2.35. The van der Waals surface area contributed by atoms with Crippen LogP contribution in [0.2, 0.25) is 0 Å². The number of rotatable bonds is 5. The molecule has 2 aliphatic rings. The van der Waals surface area contributed by atoms with Crippen molar-refractivity contribution < 1.29 is 14.7 Å². The Labute approximate surface area is 211 Å². The number of hydrogen-bond donors (Lipinski definition) is 2. The molecule has 1 amide bonds. The van der Waals surface area contributed by atoms with E-state index in [1.807, 2.05) is 11.1 Å². The van der Waals surface area contributed by atoms with Crippen molar-refractivity contribution in [2.24, 2.45) is 0 Å². The normalized spacial score (nSPS) is 19.7. The topological polar surface area (TPSA) is 98.7 Å². The summed E-state index contributed by atoms with van der Waals surface area (Å²) >= 11 is 0. The molecule has 0 saturated carbocycles. The molecule has 1 unspecified atom stereocenters. The molecule has 8 nitrogen and oxygen atoms in total. The number of aromatic nitrogens is 2. The number of amides is 1. The summed E-state index contributed by atoms with van der Waals surface area (Å²) < 4.78 is 0. The van der Waals surface area contributed by atoms with E-state index in [1.54, 1.807) is 12.1 Å². The molecule has 3 heterocycles. The molecule has 0 aliphatic carbocycles. The van der Waals surface area contributed by atoms with Gasteiger partial charge in [-0.2, -0.15) is 0 Å². The first kappa shape index (κ1) is 23.9. The Morgan fingerprint density at radius 2 is 1.72 bits per heavy atom. The zero-order valence-corrected chi connectivity index (χ0v) is 20.9. The molecule has 36 heavy (non-hydrogen) atoms. The van der Waals surface area contributed by atoms with Gasteiger partial charge in [0, 0.05) is 54.7 Å². The van der Waals surface area contributed by atoms with Gasteiger partial charge >= 0.3 is 5.97 Å². The standard InChI is InChI=1S/C28H31N5O3/c1-17-10-18(2)12-23(11-17)30-28-29-14-22-15-32(16-25(22)31-28)24-8-9-33(19(3)13-24)26(34)20-4-6-21(7-5-20)27(35)36/h4-7,10-12,14,19,24H,8-9,13,15-16H2,1-3H3,(H,35,36)(H,29,30,31)/t19?,24-/m0/s1. The molecule has 2 N–H and O–H groups in total. The van der Waals surface area contributed by atoms with Crippen molar-refractivity contribution in [3.8, 4) is 0 Å². The van der Waals surface area contributed by atoms with Gasteiger partial charge in [-0.25, -0.2) is 14.8 Å². The molecule has 0 bridgehead atoms. The van der Waals surface area contributed by atoms with Gasteiger partial charge < -0.3 is 15.3 Å². The molecule has 8 heteroatoms. The molecule has 1 saturated heterocycles. The van der Waals surface area contributed by atoms with Crippen molar-refractivity contribution in [3.05, 3.63) is 82.2 Å². The number of carboxylic acid groups (broad SMARTS) is 1. The highest BCUT2D eigenvalue weighted by Crippen LogP contribution is 2.31. The molecular formula is C28H31N5O3. The van der Waals surface area contributed by atoms with E-state index in [0.717, 1.165) is 42.9 Å². The largest absolute Gasteiger partial charge is 0.478 e. The number of carbonyl (C=O) groups excluding carboxylic acids is 1. The molecule has 0 spiro atoms. The summed E-state index contributed by atoms with van der Waals surface area (Å²) in [6, 6.07) is 12.9. The number of nitrogens with one attached hydrogen (secondary N) is 1. The minimum absolute atomic E-state index is 0.0458. The van der Waals surface area contributed by atoms with Gasteiger partial charge in [-0.3, -0.25) is 9.69 Å². The number of piperidine rings is 1. The number of benzene rings is 2. The summed E-state index contributed by atoms with van der Waals surface area (Å²) in [7, 11) is 0. The Kier molecular flexibility index (Phi) is 6.45. The van der Waals surface area contributed by atoms with Crippen molar-refractivity contribution in [1.82, 2.24) is 19.8 Å². The fourth-order valence-electron chi connectivity index (χ4n) is 5.37. The summed E-state index contributed by atoms with van der Waals surface area (Å²) in [4.78, 5) is 37.9. The van der Waals surface area contributed by atoms with Gasteiger partial charge in [0.05, 0.1) is 11.3 Å². The van der Waals surface area contributed by atoms with E-state index < -0.39 is 5.97 Å². The van der Waals surface area contributed by atoms with Crippen molar-refractivity contribution in [2.45, 2.75) is 58.8 Å². The smallest absolute Gasteiger partial charge is 0.335 e. The Morgan fingerprint density at radius 3 is 2.39 bits per heavy atom. The van der Waals surface area contributed by atoms with Crippen LogP contribution >= 0.6 is 0 Å². The van der Waals surface area contributed by atoms with Crippen molar-refractivity contribution in [2.75, 3.05) is 11.9 Å². The first-order chi connectivity index (χ1) is 17.3. The SMILES string of the molecule is Cc1cc(C)cc(Nc2ncc3c(n2)CN([C@H]2CCN(C(=O)c4ccc(C(=O)O)cc4)C(C)C2)C3)c1. The zero-order chi connectivity index (χ0) is 25.4. The molecule has 5 rings (SSSR count). The second-order valence-electron chi connectivity index (χ2n) is 9.98. The second-order valence-corrected chi connectivity index (χ2v) is 9.98. The van der Waals surface area contributed by atoms with Gasteiger partial charge in [-0.15, -0.1) is 0 Å². The summed E-state index contributed by atoms with van der Waals surface area (Å²) in [5.41, 5.74) is 6.31. The van der Waals surface area contributed by atoms with Gasteiger partial charge in [-0.05, 0) is 81.1 Å². The number of aromatic carboxylic acids is 1. The number of aryl methyl sites for hydroxylation is 2. The third-order valence-corrected chi connectivity index (χ3v) is 7.16. The quantitative estimate of drug-likeness (QED) is 0.547. The lowest BCUT2D eigenvalue weighted by atomic mass is 9.96. The summed E-state index contributed by atoms with van der Waals surface area (Å²) in [6.45, 7) is 8.51. The van der Waals surface area contributed by atoms with Crippen LogP contribution in [0, 0.1) is 13.8 Å². The maximum atomic E-state index is 13.1. The Morgan fingerprint density at radius 1 is 1.03 bits per heavy atom. The van der Waals surface area contributed by atoms with E-state index in [-0.39, 0.29) is 17.5 Å². The van der Waals surface area contributed by atoms with Gasteiger partial charge in [0.25, 0.3) is 5.91 Å². The minimum atomic E-state index is -0.993. The molecule has 186 valence electrons. The lowest BCUT2D eigenvalue weighted by molar-refractivity contribution is 0.0460. The van der Waals surface area contributed by atoms with Gasteiger partial charge in [0.2, 0.25) is 5.95 Å². The van der Waals surface area contributed by atoms with Crippen molar-refractivity contribution in [3.63, 3.8) is 0 Å². The van der Waals surface area contributed by atoms with E-state index in [1.165, 1.54) is 23.3 Å². The van der Waals surface area contributed by atoms with E-state index in [4.69, 9.17) is 10.1 Å². The van der Waals surface area contributed by atoms with Crippen molar-refractivity contribution in [1.29, 1.82) is 0 Å². The van der Waals surface area contributed by atoms with E-state index >= 15 is 0 Å². The summed E-state index contributed by atoms with van der Waals surface area (Å²) in [5.74, 6) is -0.425. The van der Waals surface area contributed by atoms with E-state index in [0.29, 0.717) is 24.1 Å². The first-order valence-corrected chi connectivity index (χ1v) is 12.4. The molecular weight excluding hydrogens is 454 g/mol. The van der Waals surface area contributed by atoms with Gasteiger partial charge in [0.1, 0.15) is 0 Å². The van der Waals surface area contributed by atoms with Gasteiger partial charge in [0.15, 0.2) is 0 Å². The third-order valence-electron chi connectivity index (χ3n) is 7.16. The fraction of sp³-hybridized carbons (Fsp3) is 0.357. The molecule has 2 aliphatic heterocycles. The first-order valence-electron chi connectivity index (χ1n) is 12.4. The highest BCUT2D eigenvalue weighted by molar-refractivity contribution is 5.96. The Balaban J connectivity index is 1.21. The number of fused-ring (bicyclic) bond motifs is 1. The maximum Gasteiger partial charge on any atom is 0.335 e. The van der Waals surface area contributed by atoms with Crippen molar-refractivity contribution >= 4 is 23.5 Å². The number of carboxylic acids is 1. The van der Waals surface area contributed by atoms with Crippen LogP contribution < -0.4 is 5.32 Å². The van der Waals surface area contributed by atoms with E-state index in [2.05, 4.69) is 54.2 Å². The van der Waals surface area contributed by atoms with Crippen LogP contribution in [0.3, 0.4) is 0 Å². The molecule has 0 radical (unpaired) electrons.